The molecule has 2 heteroatoms. The van der Waals surface area contributed by atoms with Gasteiger partial charge in [-0.2, -0.15) is 0 Å². The van der Waals surface area contributed by atoms with E-state index in [1.54, 1.807) is 6.08 Å². The van der Waals surface area contributed by atoms with Crippen LogP contribution in [0.15, 0.2) is 36.6 Å². The Morgan fingerprint density at radius 2 is 1.62 bits per heavy atom. The van der Waals surface area contributed by atoms with Crippen molar-refractivity contribution in [3.8, 4) is 0 Å². The molecule has 0 amide bonds. The van der Waals surface area contributed by atoms with E-state index >= 15 is 0 Å². The molecule has 0 radical (unpaired) electrons. The summed E-state index contributed by atoms with van der Waals surface area (Å²) in [5.74, 6) is 0. The molecule has 0 N–H and O–H groups in total. The highest BCUT2D eigenvalue weighted by Crippen LogP contribution is 2.10. The summed E-state index contributed by atoms with van der Waals surface area (Å²) in [6.45, 7) is 15.8. The first-order valence-electron chi connectivity index (χ1n) is 5.83. The van der Waals surface area contributed by atoms with E-state index < -0.39 is 0 Å². The van der Waals surface area contributed by atoms with Gasteiger partial charge in [0.15, 0.2) is 0 Å². The van der Waals surface area contributed by atoms with Crippen LogP contribution in [0.25, 0.3) is 0 Å². The SMILES string of the molecule is C=C/C=C(/C)C(=C)N(C)CCN(C)C.CC. The van der Waals surface area contributed by atoms with Crippen LogP contribution in [0.5, 0.6) is 0 Å². The third kappa shape index (κ3) is 8.30. The molecule has 0 aliphatic carbocycles. The summed E-state index contributed by atoms with van der Waals surface area (Å²) in [7, 11) is 6.21. The van der Waals surface area contributed by atoms with Gasteiger partial charge in [0.25, 0.3) is 0 Å². The molecule has 0 spiro atoms. The molecule has 94 valence electrons. The lowest BCUT2D eigenvalue weighted by Gasteiger charge is -2.23. The van der Waals surface area contributed by atoms with Crippen LogP contribution in [0, 0.1) is 0 Å². The molecule has 16 heavy (non-hydrogen) atoms. The molecule has 0 unspecified atom stereocenters. The maximum absolute atomic E-state index is 4.04. The van der Waals surface area contributed by atoms with Gasteiger partial charge in [0.1, 0.15) is 0 Å². The molecule has 0 aliphatic rings. The van der Waals surface area contributed by atoms with E-state index in [0.29, 0.717) is 0 Å². The van der Waals surface area contributed by atoms with E-state index in [-0.39, 0.29) is 0 Å². The number of allylic oxidation sites excluding steroid dienone is 3. The molecule has 0 aliphatic heterocycles. The topological polar surface area (TPSA) is 6.48 Å². The lowest BCUT2D eigenvalue weighted by Crippen LogP contribution is -2.28. The number of rotatable bonds is 6. The van der Waals surface area contributed by atoms with E-state index in [9.17, 15) is 0 Å². The molecule has 2 nitrogen and oxygen atoms in total. The van der Waals surface area contributed by atoms with Gasteiger partial charge in [-0.25, -0.2) is 0 Å². The van der Waals surface area contributed by atoms with E-state index in [1.165, 1.54) is 5.57 Å². The maximum Gasteiger partial charge on any atom is 0.0320 e. The van der Waals surface area contributed by atoms with Crippen molar-refractivity contribution in [2.75, 3.05) is 34.2 Å². The summed E-state index contributed by atoms with van der Waals surface area (Å²) >= 11 is 0. The Balaban J connectivity index is 0. The van der Waals surface area contributed by atoms with Gasteiger partial charge in [0.05, 0.1) is 0 Å². The van der Waals surface area contributed by atoms with E-state index in [2.05, 4.69) is 51.0 Å². The van der Waals surface area contributed by atoms with Crippen LogP contribution in [0.1, 0.15) is 20.8 Å². The minimum atomic E-state index is 0.994. The Morgan fingerprint density at radius 3 is 2.00 bits per heavy atom. The summed E-state index contributed by atoms with van der Waals surface area (Å²) in [6, 6.07) is 0. The molecule has 0 saturated carbocycles. The molecule has 0 aromatic carbocycles. The van der Waals surface area contributed by atoms with Gasteiger partial charge in [-0.15, -0.1) is 0 Å². The van der Waals surface area contributed by atoms with Gasteiger partial charge in [-0.1, -0.05) is 39.2 Å². The smallest absolute Gasteiger partial charge is 0.0320 e. The maximum atomic E-state index is 4.04. The molecule has 0 atom stereocenters. The highest BCUT2D eigenvalue weighted by atomic mass is 15.2. The fourth-order valence-corrected chi connectivity index (χ4v) is 1.06. The van der Waals surface area contributed by atoms with Crippen molar-refractivity contribution in [2.45, 2.75) is 20.8 Å². The van der Waals surface area contributed by atoms with Crippen molar-refractivity contribution in [1.82, 2.24) is 9.80 Å². The highest BCUT2D eigenvalue weighted by Gasteiger charge is 2.03. The van der Waals surface area contributed by atoms with Gasteiger partial charge in [0.2, 0.25) is 0 Å². The average Bonchev–Trinajstić information content (AvgIpc) is 2.27. The Labute approximate surface area is 102 Å². The van der Waals surface area contributed by atoms with Gasteiger partial charge in [-0.3, -0.25) is 0 Å². The van der Waals surface area contributed by atoms with Crippen LogP contribution in [0.4, 0.5) is 0 Å². The van der Waals surface area contributed by atoms with Crippen molar-refractivity contribution in [2.24, 2.45) is 0 Å². The normalized spacial score (nSPS) is 10.6. The first-order chi connectivity index (χ1) is 7.49. The number of hydrogen-bond donors (Lipinski definition) is 0. The van der Waals surface area contributed by atoms with Crippen molar-refractivity contribution in [3.05, 3.63) is 36.6 Å². The van der Waals surface area contributed by atoms with Gasteiger partial charge < -0.3 is 9.80 Å². The fourth-order valence-electron chi connectivity index (χ4n) is 1.06. The first kappa shape index (κ1) is 17.4. The second-order valence-corrected chi connectivity index (χ2v) is 3.76. The molecule has 0 heterocycles. The lowest BCUT2D eigenvalue weighted by atomic mass is 10.2. The average molecular weight is 224 g/mol. The monoisotopic (exact) mass is 224 g/mol. The zero-order chi connectivity index (χ0) is 13.1. The van der Waals surface area contributed by atoms with Crippen molar-refractivity contribution < 1.29 is 0 Å². The van der Waals surface area contributed by atoms with Gasteiger partial charge in [0, 0.05) is 25.8 Å². The van der Waals surface area contributed by atoms with E-state index in [4.69, 9.17) is 0 Å². The molecule has 0 fully saturated rings. The van der Waals surface area contributed by atoms with Crippen LogP contribution in [0.2, 0.25) is 0 Å². The minimum absolute atomic E-state index is 0.994. The van der Waals surface area contributed by atoms with Crippen LogP contribution >= 0.6 is 0 Å². The Hall–Kier alpha value is -1.02. The van der Waals surface area contributed by atoms with Crippen molar-refractivity contribution in [3.63, 3.8) is 0 Å². The molecule has 0 bridgehead atoms. The molecular weight excluding hydrogens is 196 g/mol. The molecule has 0 aromatic rings. The van der Waals surface area contributed by atoms with Gasteiger partial charge >= 0.3 is 0 Å². The zero-order valence-corrected chi connectivity index (χ0v) is 11.9. The van der Waals surface area contributed by atoms with E-state index in [0.717, 1.165) is 18.8 Å². The van der Waals surface area contributed by atoms with Crippen LogP contribution in [0.3, 0.4) is 0 Å². The largest absolute Gasteiger partial charge is 0.374 e. The lowest BCUT2D eigenvalue weighted by molar-refractivity contribution is 0.329. The Bertz CT molecular complexity index is 227. The van der Waals surface area contributed by atoms with Gasteiger partial charge in [-0.05, 0) is 26.6 Å². The third-order valence-electron chi connectivity index (χ3n) is 2.17. The molecule has 0 aromatic heterocycles. The number of nitrogens with zero attached hydrogens (tertiary/aromatic N) is 2. The van der Waals surface area contributed by atoms with E-state index in [1.807, 2.05) is 19.9 Å². The zero-order valence-electron chi connectivity index (χ0n) is 11.9. The predicted molar refractivity (Wildman–Crippen MR) is 75.6 cm³/mol. The quantitative estimate of drug-likeness (QED) is 0.640. The minimum Gasteiger partial charge on any atom is -0.374 e. The second-order valence-electron chi connectivity index (χ2n) is 3.76. The number of likely N-dealkylation sites (N-methyl/N-ethyl adjacent to an activating group) is 2. The summed E-state index contributed by atoms with van der Waals surface area (Å²) in [4.78, 5) is 4.33. The Morgan fingerprint density at radius 1 is 1.12 bits per heavy atom. The summed E-state index contributed by atoms with van der Waals surface area (Å²) in [5, 5.41) is 0. The summed E-state index contributed by atoms with van der Waals surface area (Å²) in [5.41, 5.74) is 2.23. The third-order valence-corrected chi connectivity index (χ3v) is 2.17. The predicted octanol–water partition coefficient (Wildman–Crippen LogP) is 3.15. The van der Waals surface area contributed by atoms with Crippen LogP contribution < -0.4 is 0 Å². The highest BCUT2D eigenvalue weighted by molar-refractivity contribution is 5.27. The molecular formula is C14H28N2. The first-order valence-corrected chi connectivity index (χ1v) is 5.83. The van der Waals surface area contributed by atoms with Crippen LogP contribution in [-0.4, -0.2) is 44.0 Å². The number of hydrogen-bond acceptors (Lipinski definition) is 2. The Kier molecular flexibility index (Phi) is 11.4. The molecule has 0 saturated heterocycles. The summed E-state index contributed by atoms with van der Waals surface area (Å²) < 4.78 is 0. The molecule has 0 rings (SSSR count). The van der Waals surface area contributed by atoms with Crippen molar-refractivity contribution >= 4 is 0 Å². The van der Waals surface area contributed by atoms with Crippen molar-refractivity contribution in [1.29, 1.82) is 0 Å². The second kappa shape index (κ2) is 10.5. The summed E-state index contributed by atoms with van der Waals surface area (Å²) in [6.07, 6.45) is 3.77. The van der Waals surface area contributed by atoms with Crippen LogP contribution in [-0.2, 0) is 0 Å². The standard InChI is InChI=1S/C12H22N2.C2H6/c1-7-8-11(2)12(3)14(6)10-9-13(4)5;1-2/h7-8H,1,3,9-10H2,2,4-6H3;1-2H3/b11-8-;. The fraction of sp³-hybridized carbons (Fsp3) is 0.571.